The largest absolute Gasteiger partial charge is 0.480 e. The fourth-order valence-corrected chi connectivity index (χ4v) is 2.86. The number of nitrogens with zero attached hydrogens (tertiary/aromatic N) is 1. The summed E-state index contributed by atoms with van der Waals surface area (Å²) in [5, 5.41) is 9.26. The quantitative estimate of drug-likeness (QED) is 0.880. The summed E-state index contributed by atoms with van der Waals surface area (Å²) in [4.78, 5) is 10.6. The molecule has 0 atom stereocenters. The van der Waals surface area contributed by atoms with Crippen molar-refractivity contribution in [3.8, 4) is 17.0 Å². The highest BCUT2D eigenvalue weighted by Gasteiger charge is 2.18. The predicted molar refractivity (Wildman–Crippen MR) is 88.1 cm³/mol. The van der Waals surface area contributed by atoms with E-state index in [0.29, 0.717) is 5.02 Å². The van der Waals surface area contributed by atoms with Crippen molar-refractivity contribution in [1.29, 1.82) is 0 Å². The Labute approximate surface area is 139 Å². The van der Waals surface area contributed by atoms with E-state index in [9.17, 15) is 4.79 Å². The van der Waals surface area contributed by atoms with E-state index < -0.39 is 12.6 Å². The first-order valence-corrected chi connectivity index (χ1v) is 7.60. The van der Waals surface area contributed by atoms with E-state index in [1.165, 1.54) is 5.56 Å². The molecule has 1 aromatic heterocycles. The summed E-state index contributed by atoms with van der Waals surface area (Å²) < 4.78 is 7.20. The summed E-state index contributed by atoms with van der Waals surface area (Å²) >= 11 is 12.6. The van der Waals surface area contributed by atoms with Crippen molar-refractivity contribution in [1.82, 2.24) is 4.57 Å². The van der Waals surface area contributed by atoms with Gasteiger partial charge >= 0.3 is 5.97 Å². The molecule has 0 saturated heterocycles. The summed E-state index contributed by atoms with van der Waals surface area (Å²) in [6, 6.07) is 5.57. The van der Waals surface area contributed by atoms with Gasteiger partial charge in [-0.2, -0.15) is 0 Å². The molecule has 2 rings (SSSR count). The van der Waals surface area contributed by atoms with Crippen LogP contribution in [-0.4, -0.2) is 22.2 Å². The van der Waals surface area contributed by atoms with Crippen molar-refractivity contribution in [2.24, 2.45) is 7.05 Å². The predicted octanol–water partition coefficient (Wildman–Crippen LogP) is 4.33. The molecule has 4 nitrogen and oxygen atoms in total. The molecular weight excluding hydrogens is 325 g/mol. The van der Waals surface area contributed by atoms with Gasteiger partial charge in [0.15, 0.2) is 6.61 Å². The van der Waals surface area contributed by atoms with Crippen molar-refractivity contribution >= 4 is 29.2 Å². The number of carbonyl (C=O) groups is 1. The molecule has 1 heterocycles. The summed E-state index contributed by atoms with van der Waals surface area (Å²) in [6.07, 6.45) is 0.877. The van der Waals surface area contributed by atoms with E-state index in [-0.39, 0.29) is 10.8 Å². The van der Waals surface area contributed by atoms with Crippen molar-refractivity contribution in [2.75, 3.05) is 6.61 Å². The number of aliphatic carboxylic acids is 1. The second-order valence-electron chi connectivity index (χ2n) is 4.99. The average molecular weight is 342 g/mol. The van der Waals surface area contributed by atoms with Crippen LogP contribution in [-0.2, 0) is 18.3 Å². The molecule has 1 aromatic carbocycles. The standard InChI is InChI=1S/C16H17Cl2NO3/c1-4-10-7-9(2)19(3)16(10)11-5-6-12(15(18)14(11)17)22-8-13(20)21/h5-7H,4,8H2,1-3H3,(H,20,21). The molecule has 0 radical (unpaired) electrons. The first-order valence-electron chi connectivity index (χ1n) is 6.85. The lowest BCUT2D eigenvalue weighted by atomic mass is 10.1. The lowest BCUT2D eigenvalue weighted by Crippen LogP contribution is -2.09. The minimum Gasteiger partial charge on any atom is -0.480 e. The van der Waals surface area contributed by atoms with Crippen LogP contribution in [0.15, 0.2) is 18.2 Å². The van der Waals surface area contributed by atoms with Crippen LogP contribution < -0.4 is 4.74 Å². The molecule has 0 bridgehead atoms. The van der Waals surface area contributed by atoms with E-state index >= 15 is 0 Å². The Morgan fingerprint density at radius 2 is 2.00 bits per heavy atom. The maximum atomic E-state index is 10.6. The highest BCUT2D eigenvalue weighted by Crippen LogP contribution is 2.41. The van der Waals surface area contributed by atoms with Crippen molar-refractivity contribution < 1.29 is 14.6 Å². The number of rotatable bonds is 5. The number of aromatic nitrogens is 1. The number of hydrogen-bond acceptors (Lipinski definition) is 2. The van der Waals surface area contributed by atoms with Crippen LogP contribution in [0.4, 0.5) is 0 Å². The van der Waals surface area contributed by atoms with Crippen LogP contribution in [0.5, 0.6) is 5.75 Å². The van der Waals surface area contributed by atoms with Crippen LogP contribution in [0.3, 0.4) is 0 Å². The highest BCUT2D eigenvalue weighted by molar-refractivity contribution is 6.44. The topological polar surface area (TPSA) is 51.5 Å². The molecule has 0 unspecified atom stereocenters. The molecule has 1 N–H and O–H groups in total. The first kappa shape index (κ1) is 16.7. The van der Waals surface area contributed by atoms with Gasteiger partial charge in [-0.1, -0.05) is 30.1 Å². The summed E-state index contributed by atoms with van der Waals surface area (Å²) in [5.74, 6) is -0.801. The van der Waals surface area contributed by atoms with E-state index in [2.05, 4.69) is 17.6 Å². The van der Waals surface area contributed by atoms with E-state index in [0.717, 1.165) is 23.4 Å². The molecule has 0 fully saturated rings. The smallest absolute Gasteiger partial charge is 0.341 e. The molecule has 22 heavy (non-hydrogen) atoms. The summed E-state index contributed by atoms with van der Waals surface area (Å²) in [5.41, 5.74) is 4.13. The molecule has 0 spiro atoms. The third kappa shape index (κ3) is 3.08. The van der Waals surface area contributed by atoms with Crippen LogP contribution in [0.2, 0.25) is 10.0 Å². The fraction of sp³-hybridized carbons (Fsp3) is 0.312. The normalized spacial score (nSPS) is 10.8. The monoisotopic (exact) mass is 341 g/mol. The minimum atomic E-state index is -1.07. The Morgan fingerprint density at radius 1 is 1.32 bits per heavy atom. The Bertz CT molecular complexity index is 723. The number of ether oxygens (including phenoxy) is 1. The minimum absolute atomic E-state index is 0.223. The highest BCUT2D eigenvalue weighted by atomic mass is 35.5. The number of carboxylic acid groups (broad SMARTS) is 1. The van der Waals surface area contributed by atoms with Crippen LogP contribution >= 0.6 is 23.2 Å². The summed E-state index contributed by atoms with van der Waals surface area (Å²) in [7, 11) is 1.98. The van der Waals surface area contributed by atoms with Gasteiger partial charge in [0.25, 0.3) is 0 Å². The van der Waals surface area contributed by atoms with Crippen molar-refractivity contribution in [2.45, 2.75) is 20.3 Å². The fourth-order valence-electron chi connectivity index (χ4n) is 2.40. The van der Waals surface area contributed by atoms with Crippen molar-refractivity contribution in [3.63, 3.8) is 0 Å². The third-order valence-electron chi connectivity index (χ3n) is 3.59. The number of aryl methyl sites for hydroxylation is 2. The third-order valence-corrected chi connectivity index (χ3v) is 4.45. The molecule has 118 valence electrons. The number of halogens is 2. The summed E-state index contributed by atoms with van der Waals surface area (Å²) in [6.45, 7) is 3.65. The Hall–Kier alpha value is -1.65. The molecule has 6 heteroatoms. The zero-order valence-electron chi connectivity index (χ0n) is 12.6. The lowest BCUT2D eigenvalue weighted by molar-refractivity contribution is -0.139. The maximum absolute atomic E-state index is 10.6. The van der Waals surface area contributed by atoms with Crippen LogP contribution in [0.25, 0.3) is 11.3 Å². The molecule has 0 aliphatic rings. The van der Waals surface area contributed by atoms with Gasteiger partial charge in [-0.15, -0.1) is 0 Å². The first-order chi connectivity index (χ1) is 10.4. The second kappa shape index (κ2) is 6.63. The van der Waals surface area contributed by atoms with Gasteiger partial charge in [0, 0.05) is 18.3 Å². The van der Waals surface area contributed by atoms with Crippen molar-refractivity contribution in [3.05, 3.63) is 39.5 Å². The van der Waals surface area contributed by atoms with Crippen LogP contribution in [0.1, 0.15) is 18.2 Å². The van der Waals surface area contributed by atoms with Crippen LogP contribution in [0, 0.1) is 6.92 Å². The van der Waals surface area contributed by atoms with Gasteiger partial charge in [-0.25, -0.2) is 4.79 Å². The Balaban J connectivity index is 2.50. The zero-order valence-corrected chi connectivity index (χ0v) is 14.1. The molecule has 0 saturated carbocycles. The molecule has 0 aliphatic carbocycles. The van der Waals surface area contributed by atoms with Gasteiger partial charge in [0.1, 0.15) is 10.8 Å². The van der Waals surface area contributed by atoms with Gasteiger partial charge in [0.05, 0.1) is 10.7 Å². The van der Waals surface area contributed by atoms with Gasteiger partial charge < -0.3 is 14.4 Å². The Morgan fingerprint density at radius 3 is 2.59 bits per heavy atom. The lowest BCUT2D eigenvalue weighted by Gasteiger charge is -2.13. The second-order valence-corrected chi connectivity index (χ2v) is 5.75. The van der Waals surface area contributed by atoms with Gasteiger partial charge in [-0.3, -0.25) is 0 Å². The molecule has 2 aromatic rings. The Kier molecular flexibility index (Phi) is 5.04. The molecule has 0 aliphatic heterocycles. The van der Waals surface area contributed by atoms with Gasteiger partial charge in [-0.05, 0) is 37.1 Å². The molecular formula is C16H17Cl2NO3. The zero-order chi connectivity index (χ0) is 16.4. The number of hydrogen-bond donors (Lipinski definition) is 1. The van der Waals surface area contributed by atoms with Gasteiger partial charge in [0.2, 0.25) is 0 Å². The average Bonchev–Trinajstić information content (AvgIpc) is 2.76. The molecule has 0 amide bonds. The number of carboxylic acids is 1. The number of benzene rings is 1. The SMILES string of the molecule is CCc1cc(C)n(C)c1-c1ccc(OCC(=O)O)c(Cl)c1Cl. The van der Waals surface area contributed by atoms with E-state index in [4.69, 9.17) is 33.0 Å². The maximum Gasteiger partial charge on any atom is 0.341 e. The van der Waals surface area contributed by atoms with E-state index in [1.807, 2.05) is 14.0 Å². The van der Waals surface area contributed by atoms with E-state index in [1.54, 1.807) is 12.1 Å².